The van der Waals surface area contributed by atoms with Gasteiger partial charge in [0.2, 0.25) is 0 Å². The summed E-state index contributed by atoms with van der Waals surface area (Å²) in [6, 6.07) is 7.76. The van der Waals surface area contributed by atoms with Gasteiger partial charge in [0.05, 0.1) is 26.7 Å². The van der Waals surface area contributed by atoms with Gasteiger partial charge < -0.3 is 19.3 Å². The maximum atomic E-state index is 13.1. The van der Waals surface area contributed by atoms with E-state index in [1.807, 2.05) is 0 Å². The number of phenolic OH excluding ortho intramolecular Hbond substituents is 1. The Kier molecular flexibility index (Phi) is 6.76. The van der Waals surface area contributed by atoms with Crippen molar-refractivity contribution < 1.29 is 33.3 Å². The largest absolute Gasteiger partial charge is 0.507 e. The highest BCUT2D eigenvalue weighted by Crippen LogP contribution is 2.39. The van der Waals surface area contributed by atoms with Crippen molar-refractivity contribution in [1.29, 1.82) is 0 Å². The Bertz CT molecular complexity index is 816. The first-order valence-corrected chi connectivity index (χ1v) is 8.31. The van der Waals surface area contributed by atoms with Gasteiger partial charge in [0, 0.05) is 23.6 Å². The number of esters is 1. The average molecular weight is 376 g/mol. The van der Waals surface area contributed by atoms with Gasteiger partial charge >= 0.3 is 5.97 Å². The molecule has 0 unspecified atom stereocenters. The van der Waals surface area contributed by atoms with Crippen molar-refractivity contribution >= 4 is 11.8 Å². The van der Waals surface area contributed by atoms with E-state index in [0.29, 0.717) is 5.75 Å². The SMILES string of the molecule is CCOC(=O)[C@H](CC(=O)c1ccc(F)cc1)c1cc(OC)c(OC)cc1O. The molecule has 0 aromatic heterocycles. The molecule has 2 aromatic rings. The zero-order valence-electron chi connectivity index (χ0n) is 15.3. The van der Waals surface area contributed by atoms with Gasteiger partial charge in [-0.2, -0.15) is 0 Å². The van der Waals surface area contributed by atoms with E-state index < -0.39 is 17.7 Å². The molecule has 6 nitrogen and oxygen atoms in total. The molecule has 1 atom stereocenters. The molecule has 2 rings (SSSR count). The van der Waals surface area contributed by atoms with Crippen LogP contribution in [0.2, 0.25) is 0 Å². The minimum Gasteiger partial charge on any atom is -0.507 e. The van der Waals surface area contributed by atoms with Crippen LogP contribution in [0.15, 0.2) is 36.4 Å². The van der Waals surface area contributed by atoms with E-state index in [9.17, 15) is 19.1 Å². The van der Waals surface area contributed by atoms with E-state index in [1.165, 1.54) is 50.6 Å². The second-order valence-electron chi connectivity index (χ2n) is 5.70. The number of ketones is 1. The molecule has 2 aromatic carbocycles. The minimum absolute atomic E-state index is 0.119. The van der Waals surface area contributed by atoms with Gasteiger partial charge in [0.15, 0.2) is 17.3 Å². The fourth-order valence-electron chi connectivity index (χ4n) is 2.67. The smallest absolute Gasteiger partial charge is 0.314 e. The van der Waals surface area contributed by atoms with Crippen molar-refractivity contribution in [1.82, 2.24) is 0 Å². The van der Waals surface area contributed by atoms with Crippen LogP contribution in [0, 0.1) is 5.82 Å². The molecule has 0 heterocycles. The molecule has 0 saturated carbocycles. The van der Waals surface area contributed by atoms with E-state index >= 15 is 0 Å². The first-order chi connectivity index (χ1) is 12.9. The summed E-state index contributed by atoms with van der Waals surface area (Å²) in [5.41, 5.74) is 0.437. The molecule has 0 radical (unpaired) electrons. The number of ether oxygens (including phenoxy) is 3. The van der Waals surface area contributed by atoms with Crippen molar-refractivity contribution in [2.45, 2.75) is 19.3 Å². The van der Waals surface area contributed by atoms with Crippen molar-refractivity contribution in [2.24, 2.45) is 0 Å². The average Bonchev–Trinajstić information content (AvgIpc) is 2.66. The number of hydrogen-bond acceptors (Lipinski definition) is 6. The van der Waals surface area contributed by atoms with Gasteiger partial charge in [-0.3, -0.25) is 9.59 Å². The molecule has 0 aliphatic rings. The fourth-order valence-corrected chi connectivity index (χ4v) is 2.67. The number of benzene rings is 2. The fraction of sp³-hybridized carbons (Fsp3) is 0.300. The van der Waals surface area contributed by atoms with E-state index in [1.54, 1.807) is 6.92 Å². The lowest BCUT2D eigenvalue weighted by Crippen LogP contribution is -2.20. The molecule has 1 N–H and O–H groups in total. The number of halogens is 1. The van der Waals surface area contributed by atoms with Crippen LogP contribution < -0.4 is 9.47 Å². The molecule has 0 saturated heterocycles. The van der Waals surface area contributed by atoms with Crippen molar-refractivity contribution in [3.05, 3.63) is 53.3 Å². The number of phenols is 1. The summed E-state index contributed by atoms with van der Waals surface area (Å²) in [6.07, 6.45) is -0.256. The van der Waals surface area contributed by atoms with Gasteiger partial charge in [0.25, 0.3) is 0 Å². The van der Waals surface area contributed by atoms with Crippen LogP contribution in [-0.2, 0) is 9.53 Å². The zero-order chi connectivity index (χ0) is 20.0. The van der Waals surface area contributed by atoms with Crippen LogP contribution in [0.25, 0.3) is 0 Å². The first kappa shape index (κ1) is 20.2. The number of aromatic hydroxyl groups is 1. The van der Waals surface area contributed by atoms with E-state index in [4.69, 9.17) is 14.2 Å². The normalized spacial score (nSPS) is 11.6. The number of carbonyl (C=O) groups excluding carboxylic acids is 2. The maximum Gasteiger partial charge on any atom is 0.314 e. The van der Waals surface area contributed by atoms with E-state index in [2.05, 4.69) is 0 Å². The number of hydrogen-bond donors (Lipinski definition) is 1. The minimum atomic E-state index is -1.05. The number of Topliss-reactive ketones (excluding diaryl/α,β-unsaturated/α-hetero) is 1. The molecule has 27 heavy (non-hydrogen) atoms. The van der Waals surface area contributed by atoms with Crippen molar-refractivity contribution in [3.63, 3.8) is 0 Å². The summed E-state index contributed by atoms with van der Waals surface area (Å²) >= 11 is 0. The lowest BCUT2D eigenvalue weighted by Gasteiger charge is -2.19. The lowest BCUT2D eigenvalue weighted by molar-refractivity contribution is -0.145. The highest BCUT2D eigenvalue weighted by Gasteiger charge is 2.29. The Balaban J connectivity index is 2.41. The predicted octanol–water partition coefficient (Wildman–Crippen LogP) is 3.47. The Morgan fingerprint density at radius 2 is 1.67 bits per heavy atom. The molecule has 7 heteroatoms. The monoisotopic (exact) mass is 376 g/mol. The third-order valence-electron chi connectivity index (χ3n) is 4.04. The van der Waals surface area contributed by atoms with Crippen LogP contribution in [0.5, 0.6) is 17.2 Å². The highest BCUT2D eigenvalue weighted by atomic mass is 19.1. The molecular weight excluding hydrogens is 355 g/mol. The number of carbonyl (C=O) groups is 2. The Hall–Kier alpha value is -3.09. The van der Waals surface area contributed by atoms with E-state index in [0.717, 1.165) is 0 Å². The quantitative estimate of drug-likeness (QED) is 0.561. The Morgan fingerprint density at radius 1 is 1.07 bits per heavy atom. The summed E-state index contributed by atoms with van der Waals surface area (Å²) in [7, 11) is 2.83. The van der Waals surface area contributed by atoms with E-state index in [-0.39, 0.29) is 41.4 Å². The summed E-state index contributed by atoms with van der Waals surface area (Å²) < 4.78 is 28.5. The third kappa shape index (κ3) is 4.75. The molecule has 144 valence electrons. The van der Waals surface area contributed by atoms with Gasteiger partial charge in [-0.05, 0) is 37.3 Å². The molecule has 0 bridgehead atoms. The van der Waals surface area contributed by atoms with Crippen molar-refractivity contribution in [2.75, 3.05) is 20.8 Å². The Labute approximate surface area is 156 Å². The standard InChI is InChI=1S/C20H21FO6/c1-4-27-20(24)15(9-16(22)12-5-7-13(21)8-6-12)14-10-18(25-2)19(26-3)11-17(14)23/h5-8,10-11,15,23H,4,9H2,1-3H3/t15-/m1/s1. The van der Waals surface area contributed by atoms with Gasteiger partial charge in [0.1, 0.15) is 11.6 Å². The molecule has 0 spiro atoms. The van der Waals surface area contributed by atoms with Gasteiger partial charge in [-0.1, -0.05) is 0 Å². The predicted molar refractivity (Wildman–Crippen MR) is 95.9 cm³/mol. The summed E-state index contributed by atoms with van der Waals surface area (Å²) in [5, 5.41) is 10.3. The summed E-state index contributed by atoms with van der Waals surface area (Å²) in [6.45, 7) is 1.76. The van der Waals surface area contributed by atoms with Crippen LogP contribution in [0.3, 0.4) is 0 Å². The number of methoxy groups -OCH3 is 2. The molecule has 0 aliphatic heterocycles. The second-order valence-corrected chi connectivity index (χ2v) is 5.70. The van der Waals surface area contributed by atoms with Crippen LogP contribution in [0.4, 0.5) is 4.39 Å². The molecule has 0 aliphatic carbocycles. The Morgan fingerprint density at radius 3 is 2.22 bits per heavy atom. The maximum absolute atomic E-state index is 13.1. The number of rotatable bonds is 8. The molecular formula is C20H21FO6. The second kappa shape index (κ2) is 9.02. The summed E-state index contributed by atoms with van der Waals surface area (Å²) in [5.74, 6) is -2.20. The highest BCUT2D eigenvalue weighted by molar-refractivity contribution is 5.99. The topological polar surface area (TPSA) is 82.1 Å². The molecule has 0 amide bonds. The molecule has 0 fully saturated rings. The van der Waals surface area contributed by atoms with Crippen molar-refractivity contribution in [3.8, 4) is 17.2 Å². The lowest BCUT2D eigenvalue weighted by atomic mass is 9.90. The van der Waals surface area contributed by atoms with Crippen LogP contribution in [0.1, 0.15) is 35.2 Å². The zero-order valence-corrected chi connectivity index (χ0v) is 15.3. The first-order valence-electron chi connectivity index (χ1n) is 8.31. The van der Waals surface area contributed by atoms with Gasteiger partial charge in [-0.25, -0.2) is 4.39 Å². The third-order valence-corrected chi connectivity index (χ3v) is 4.04. The van der Waals surface area contributed by atoms with Crippen LogP contribution in [-0.4, -0.2) is 37.7 Å². The van der Waals surface area contributed by atoms with Gasteiger partial charge in [-0.15, -0.1) is 0 Å². The van der Waals surface area contributed by atoms with Crippen LogP contribution >= 0.6 is 0 Å². The summed E-state index contributed by atoms with van der Waals surface area (Å²) in [4.78, 5) is 25.0.